The normalized spacial score (nSPS) is 16.2. The van der Waals surface area contributed by atoms with Gasteiger partial charge in [0.25, 0.3) is 0 Å². The molecule has 2 heteroatoms. The zero-order valence-corrected chi connectivity index (χ0v) is 11.9. The summed E-state index contributed by atoms with van der Waals surface area (Å²) in [6.07, 6.45) is 4.02. The molecule has 100 valence electrons. The molecule has 2 nitrogen and oxygen atoms in total. The van der Waals surface area contributed by atoms with E-state index in [9.17, 15) is 0 Å². The molecule has 2 N–H and O–H groups in total. The highest BCUT2D eigenvalue weighted by Gasteiger charge is 2.33. The molecule has 0 radical (unpaired) electrons. The van der Waals surface area contributed by atoms with Gasteiger partial charge < -0.3 is 5.73 Å². The Bertz CT molecular complexity index is 377. The van der Waals surface area contributed by atoms with Crippen molar-refractivity contribution in [3.63, 3.8) is 0 Å². The molecular weight excluding hydrogens is 220 g/mol. The van der Waals surface area contributed by atoms with E-state index in [-0.39, 0.29) is 5.41 Å². The molecule has 1 aliphatic rings. The highest BCUT2D eigenvalue weighted by Crippen LogP contribution is 2.32. The smallest absolute Gasteiger partial charge is 0.0314 e. The van der Waals surface area contributed by atoms with Gasteiger partial charge in [0.1, 0.15) is 0 Å². The van der Waals surface area contributed by atoms with Crippen LogP contribution in [0, 0.1) is 0 Å². The molecule has 1 aromatic rings. The largest absolute Gasteiger partial charge is 0.399 e. The van der Waals surface area contributed by atoms with Gasteiger partial charge in [-0.15, -0.1) is 0 Å². The van der Waals surface area contributed by atoms with Crippen LogP contribution in [0.25, 0.3) is 0 Å². The van der Waals surface area contributed by atoms with Crippen LogP contribution in [0.4, 0.5) is 5.69 Å². The topological polar surface area (TPSA) is 29.3 Å². The van der Waals surface area contributed by atoms with Gasteiger partial charge >= 0.3 is 0 Å². The molecule has 0 heterocycles. The summed E-state index contributed by atoms with van der Waals surface area (Å²) in [5, 5.41) is 0. The fraction of sp³-hybridized carbons (Fsp3) is 0.625. The zero-order chi connectivity index (χ0) is 13.2. The minimum absolute atomic E-state index is 0.200. The van der Waals surface area contributed by atoms with Crippen LogP contribution in [0.1, 0.15) is 45.6 Å². The minimum Gasteiger partial charge on any atom is -0.399 e. The lowest BCUT2D eigenvalue weighted by Gasteiger charge is -2.33. The number of nitrogen functional groups attached to an aromatic ring is 1. The predicted octanol–water partition coefficient (Wildman–Crippen LogP) is 3.42. The number of nitrogens with two attached hydrogens (primary N) is 1. The summed E-state index contributed by atoms with van der Waals surface area (Å²) in [6, 6.07) is 9.22. The van der Waals surface area contributed by atoms with E-state index in [1.807, 2.05) is 12.1 Å². The highest BCUT2D eigenvalue weighted by molar-refractivity contribution is 5.41. The van der Waals surface area contributed by atoms with E-state index in [0.29, 0.717) is 0 Å². The van der Waals surface area contributed by atoms with E-state index in [1.165, 1.54) is 31.4 Å². The SMILES string of the molecule is CCCN(CC(C)(C)c1ccc(N)cc1)C1CC1. The van der Waals surface area contributed by atoms with Crippen molar-refractivity contribution in [3.05, 3.63) is 29.8 Å². The van der Waals surface area contributed by atoms with Crippen LogP contribution >= 0.6 is 0 Å². The molecular formula is C16H26N2. The third-order valence-electron chi connectivity index (χ3n) is 3.86. The van der Waals surface area contributed by atoms with Crippen molar-refractivity contribution >= 4 is 5.69 Å². The third-order valence-corrected chi connectivity index (χ3v) is 3.86. The van der Waals surface area contributed by atoms with Gasteiger partial charge in [0.05, 0.1) is 0 Å². The van der Waals surface area contributed by atoms with Crippen molar-refractivity contribution < 1.29 is 0 Å². The maximum atomic E-state index is 5.77. The number of rotatable bonds is 6. The van der Waals surface area contributed by atoms with Crippen LogP contribution in [0.2, 0.25) is 0 Å². The number of hydrogen-bond donors (Lipinski definition) is 1. The fourth-order valence-electron chi connectivity index (χ4n) is 2.65. The monoisotopic (exact) mass is 246 g/mol. The first-order chi connectivity index (χ1) is 8.53. The highest BCUT2D eigenvalue weighted by atomic mass is 15.2. The van der Waals surface area contributed by atoms with Gasteiger partial charge in [0.15, 0.2) is 0 Å². The Morgan fingerprint density at radius 3 is 2.33 bits per heavy atom. The van der Waals surface area contributed by atoms with E-state index in [4.69, 9.17) is 5.73 Å². The predicted molar refractivity (Wildman–Crippen MR) is 78.8 cm³/mol. The summed E-state index contributed by atoms with van der Waals surface area (Å²) in [6.45, 7) is 9.32. The van der Waals surface area contributed by atoms with Gasteiger partial charge in [-0.3, -0.25) is 4.90 Å². The quantitative estimate of drug-likeness (QED) is 0.779. The third kappa shape index (κ3) is 3.26. The second kappa shape index (κ2) is 5.31. The van der Waals surface area contributed by atoms with Crippen LogP contribution in [-0.2, 0) is 5.41 Å². The molecule has 0 saturated heterocycles. The molecule has 0 spiro atoms. The molecule has 1 aromatic carbocycles. The maximum absolute atomic E-state index is 5.77. The van der Waals surface area contributed by atoms with Crippen LogP contribution in [-0.4, -0.2) is 24.0 Å². The molecule has 0 atom stereocenters. The zero-order valence-electron chi connectivity index (χ0n) is 11.9. The second-order valence-electron chi connectivity index (χ2n) is 6.21. The van der Waals surface area contributed by atoms with Crippen LogP contribution < -0.4 is 5.73 Å². The Morgan fingerprint density at radius 1 is 1.22 bits per heavy atom. The molecule has 0 bridgehead atoms. The van der Waals surface area contributed by atoms with Gasteiger partial charge in [-0.25, -0.2) is 0 Å². The molecule has 0 aromatic heterocycles. The molecule has 1 fully saturated rings. The molecule has 1 aliphatic carbocycles. The summed E-state index contributed by atoms with van der Waals surface area (Å²) in [4.78, 5) is 2.66. The minimum atomic E-state index is 0.200. The average molecular weight is 246 g/mol. The van der Waals surface area contributed by atoms with E-state index in [2.05, 4.69) is 37.8 Å². The van der Waals surface area contributed by atoms with Gasteiger partial charge in [-0.05, 0) is 43.5 Å². The van der Waals surface area contributed by atoms with Crippen molar-refractivity contribution in [2.75, 3.05) is 18.8 Å². The second-order valence-corrected chi connectivity index (χ2v) is 6.21. The standard InChI is InChI=1S/C16H26N2/c1-4-11-18(15-9-10-15)12-16(2,3)13-5-7-14(17)8-6-13/h5-8,15H,4,9-12,17H2,1-3H3. The Hall–Kier alpha value is -1.02. The van der Waals surface area contributed by atoms with Crippen molar-refractivity contribution in [3.8, 4) is 0 Å². The number of anilines is 1. The van der Waals surface area contributed by atoms with E-state index < -0.39 is 0 Å². The van der Waals surface area contributed by atoms with Crippen LogP contribution in [0.15, 0.2) is 24.3 Å². The molecule has 2 rings (SSSR count). The van der Waals surface area contributed by atoms with Crippen molar-refractivity contribution in [1.82, 2.24) is 4.90 Å². The molecule has 0 amide bonds. The van der Waals surface area contributed by atoms with E-state index in [0.717, 1.165) is 18.3 Å². The first-order valence-corrected chi connectivity index (χ1v) is 7.13. The molecule has 1 saturated carbocycles. The Labute approximate surface area is 111 Å². The van der Waals surface area contributed by atoms with Crippen molar-refractivity contribution in [2.24, 2.45) is 0 Å². The summed E-state index contributed by atoms with van der Waals surface area (Å²) in [7, 11) is 0. The first-order valence-electron chi connectivity index (χ1n) is 7.13. The maximum Gasteiger partial charge on any atom is 0.0314 e. The first kappa shape index (κ1) is 13.4. The van der Waals surface area contributed by atoms with Crippen LogP contribution in [0.3, 0.4) is 0 Å². The molecule has 0 unspecified atom stereocenters. The Kier molecular flexibility index (Phi) is 3.96. The van der Waals surface area contributed by atoms with Gasteiger partial charge in [0.2, 0.25) is 0 Å². The molecule has 18 heavy (non-hydrogen) atoms. The summed E-state index contributed by atoms with van der Waals surface area (Å²) in [5.41, 5.74) is 8.20. The van der Waals surface area contributed by atoms with Crippen molar-refractivity contribution in [1.29, 1.82) is 0 Å². The van der Waals surface area contributed by atoms with Crippen molar-refractivity contribution in [2.45, 2.75) is 51.5 Å². The average Bonchev–Trinajstić information content (AvgIpc) is 3.12. The summed E-state index contributed by atoms with van der Waals surface area (Å²) in [5.74, 6) is 0. The Morgan fingerprint density at radius 2 is 1.83 bits per heavy atom. The van der Waals surface area contributed by atoms with Gasteiger partial charge in [0, 0.05) is 23.7 Å². The summed E-state index contributed by atoms with van der Waals surface area (Å²) >= 11 is 0. The fourth-order valence-corrected chi connectivity index (χ4v) is 2.65. The number of benzene rings is 1. The van der Waals surface area contributed by atoms with E-state index >= 15 is 0 Å². The van der Waals surface area contributed by atoms with Crippen LogP contribution in [0.5, 0.6) is 0 Å². The summed E-state index contributed by atoms with van der Waals surface area (Å²) < 4.78 is 0. The lowest BCUT2D eigenvalue weighted by atomic mass is 9.84. The van der Waals surface area contributed by atoms with E-state index in [1.54, 1.807) is 0 Å². The van der Waals surface area contributed by atoms with Gasteiger partial charge in [-0.2, -0.15) is 0 Å². The lowest BCUT2D eigenvalue weighted by Crippen LogP contribution is -2.38. The Balaban J connectivity index is 2.06. The number of nitrogens with zero attached hydrogens (tertiary/aromatic N) is 1. The number of hydrogen-bond acceptors (Lipinski definition) is 2. The lowest BCUT2D eigenvalue weighted by molar-refractivity contribution is 0.214. The molecule has 0 aliphatic heterocycles. The van der Waals surface area contributed by atoms with Gasteiger partial charge in [-0.1, -0.05) is 32.9 Å².